The molecule has 0 spiro atoms. The Labute approximate surface area is 171 Å². The molecule has 3 rings (SSSR count). The predicted octanol–water partition coefficient (Wildman–Crippen LogP) is 3.85. The number of nitriles is 1. The molecule has 8 nitrogen and oxygen atoms in total. The molecule has 1 aromatic carbocycles. The van der Waals surface area contributed by atoms with Crippen LogP contribution in [0.1, 0.15) is 28.8 Å². The first-order chi connectivity index (χ1) is 13.8. The van der Waals surface area contributed by atoms with E-state index >= 15 is 0 Å². The van der Waals surface area contributed by atoms with Crippen LogP contribution in [0.2, 0.25) is 0 Å². The van der Waals surface area contributed by atoms with Gasteiger partial charge in [0.25, 0.3) is 10.0 Å². The zero-order valence-corrected chi connectivity index (χ0v) is 17.1. The normalized spacial score (nSPS) is 11.3. The molecule has 0 aliphatic rings. The number of hydrogen-bond acceptors (Lipinski definition) is 7. The number of thiophene rings is 1. The van der Waals surface area contributed by atoms with Crippen molar-refractivity contribution >= 4 is 50.8 Å². The van der Waals surface area contributed by atoms with E-state index in [9.17, 15) is 13.2 Å². The number of hydrogen-bond donors (Lipinski definition) is 2. The maximum atomic E-state index is 12.6. The van der Waals surface area contributed by atoms with Crippen molar-refractivity contribution in [3.05, 3.63) is 58.3 Å². The highest BCUT2D eigenvalue weighted by Gasteiger charge is 2.17. The molecule has 0 bridgehead atoms. The highest BCUT2D eigenvalue weighted by atomic mass is 32.2. The third-order valence-electron chi connectivity index (χ3n) is 3.72. The molecule has 2 heterocycles. The molecule has 0 aliphatic heterocycles. The lowest BCUT2D eigenvalue weighted by Crippen LogP contribution is -2.11. The zero-order chi connectivity index (χ0) is 21.0. The van der Waals surface area contributed by atoms with Crippen molar-refractivity contribution in [2.75, 3.05) is 10.0 Å². The highest BCUT2D eigenvalue weighted by molar-refractivity contribution is 7.94. The highest BCUT2D eigenvalue weighted by Crippen LogP contribution is 2.27. The van der Waals surface area contributed by atoms with Crippen LogP contribution in [0.25, 0.3) is 12.2 Å². The van der Waals surface area contributed by atoms with Gasteiger partial charge in [0.05, 0.1) is 11.6 Å². The first kappa shape index (κ1) is 20.3. The standard InChI is InChI=1S/C19H16N4O4S2/c1-12-19(21-13(2)24)17(27-22-12)9-7-16-8-10-18(28-16)29(25,26)23-15-5-3-14(11-20)4-6-15/h3-10,23H,1-2H3,(H,21,24)/b9-7+. The van der Waals surface area contributed by atoms with Gasteiger partial charge < -0.3 is 9.84 Å². The largest absolute Gasteiger partial charge is 0.354 e. The van der Waals surface area contributed by atoms with Crippen LogP contribution in [0.4, 0.5) is 11.4 Å². The number of benzene rings is 1. The Morgan fingerprint density at radius 1 is 1.21 bits per heavy atom. The molecule has 2 N–H and O–H groups in total. The Balaban J connectivity index is 1.77. The molecule has 0 atom stereocenters. The molecule has 29 heavy (non-hydrogen) atoms. The molecule has 0 unspecified atom stereocenters. The molecular formula is C19H16N4O4S2. The number of aromatic nitrogens is 1. The number of rotatable bonds is 6. The van der Waals surface area contributed by atoms with Gasteiger partial charge in [-0.2, -0.15) is 5.26 Å². The van der Waals surface area contributed by atoms with Gasteiger partial charge in [-0.1, -0.05) is 5.16 Å². The minimum absolute atomic E-state index is 0.136. The van der Waals surface area contributed by atoms with Gasteiger partial charge in [0.2, 0.25) is 5.91 Å². The number of aryl methyl sites for hydroxylation is 1. The number of carbonyl (C=O) groups excluding carboxylic acids is 1. The van der Waals surface area contributed by atoms with Gasteiger partial charge in [-0.3, -0.25) is 9.52 Å². The van der Waals surface area contributed by atoms with Gasteiger partial charge in [-0.05, 0) is 55.5 Å². The van der Waals surface area contributed by atoms with Gasteiger partial charge in [0.15, 0.2) is 5.76 Å². The van der Waals surface area contributed by atoms with Crippen LogP contribution in [-0.2, 0) is 14.8 Å². The van der Waals surface area contributed by atoms with Crippen LogP contribution >= 0.6 is 11.3 Å². The summed E-state index contributed by atoms with van der Waals surface area (Å²) in [5.41, 5.74) is 1.82. The lowest BCUT2D eigenvalue weighted by molar-refractivity contribution is -0.114. The van der Waals surface area contributed by atoms with Crippen LogP contribution in [0.5, 0.6) is 0 Å². The SMILES string of the molecule is CC(=O)Nc1c(C)noc1/C=C/c1ccc(S(=O)(=O)Nc2ccc(C#N)cc2)s1. The fourth-order valence-corrected chi connectivity index (χ4v) is 4.66. The maximum absolute atomic E-state index is 12.6. The number of anilines is 2. The summed E-state index contributed by atoms with van der Waals surface area (Å²) in [6, 6.07) is 11.3. The Morgan fingerprint density at radius 3 is 2.59 bits per heavy atom. The van der Waals surface area contributed by atoms with E-state index < -0.39 is 10.0 Å². The zero-order valence-electron chi connectivity index (χ0n) is 15.5. The van der Waals surface area contributed by atoms with Crippen molar-refractivity contribution in [3.63, 3.8) is 0 Å². The topological polar surface area (TPSA) is 125 Å². The van der Waals surface area contributed by atoms with Gasteiger partial charge in [0.1, 0.15) is 15.6 Å². The summed E-state index contributed by atoms with van der Waals surface area (Å²) in [6.07, 6.45) is 3.29. The fourth-order valence-electron chi connectivity index (χ4n) is 2.37. The lowest BCUT2D eigenvalue weighted by atomic mass is 10.2. The third-order valence-corrected chi connectivity index (χ3v) is 6.65. The van der Waals surface area contributed by atoms with E-state index in [1.807, 2.05) is 6.07 Å². The maximum Gasteiger partial charge on any atom is 0.271 e. The van der Waals surface area contributed by atoms with Gasteiger partial charge in [0, 0.05) is 17.5 Å². The number of amides is 1. The summed E-state index contributed by atoms with van der Waals surface area (Å²) in [6.45, 7) is 3.09. The Morgan fingerprint density at radius 2 is 1.93 bits per heavy atom. The monoisotopic (exact) mass is 428 g/mol. The Kier molecular flexibility index (Phi) is 5.81. The van der Waals surface area contributed by atoms with Gasteiger partial charge in [-0.25, -0.2) is 8.42 Å². The molecule has 1 amide bonds. The van der Waals surface area contributed by atoms with Crippen molar-refractivity contribution in [2.24, 2.45) is 0 Å². The van der Waals surface area contributed by atoms with Crippen LogP contribution in [0, 0.1) is 18.3 Å². The molecule has 0 saturated heterocycles. The van der Waals surface area contributed by atoms with Crippen molar-refractivity contribution in [3.8, 4) is 6.07 Å². The van der Waals surface area contributed by atoms with E-state index in [0.29, 0.717) is 33.3 Å². The number of carbonyl (C=O) groups is 1. The van der Waals surface area contributed by atoms with Crippen LogP contribution < -0.4 is 10.0 Å². The fraction of sp³-hybridized carbons (Fsp3) is 0.105. The second kappa shape index (κ2) is 8.30. The minimum Gasteiger partial charge on any atom is -0.354 e. The van der Waals surface area contributed by atoms with Gasteiger partial charge in [-0.15, -0.1) is 11.3 Å². The van der Waals surface area contributed by atoms with E-state index in [1.165, 1.54) is 37.3 Å². The minimum atomic E-state index is -3.76. The van der Waals surface area contributed by atoms with E-state index in [0.717, 1.165) is 11.3 Å². The molecular weight excluding hydrogens is 412 g/mol. The molecule has 3 aromatic rings. The predicted molar refractivity (Wildman–Crippen MR) is 111 cm³/mol. The molecule has 148 valence electrons. The van der Waals surface area contributed by atoms with Crippen LogP contribution in [0.3, 0.4) is 0 Å². The summed E-state index contributed by atoms with van der Waals surface area (Å²) < 4.78 is 32.9. The summed E-state index contributed by atoms with van der Waals surface area (Å²) in [4.78, 5) is 12.0. The van der Waals surface area contributed by atoms with Crippen LogP contribution in [-0.4, -0.2) is 19.5 Å². The molecule has 2 aromatic heterocycles. The third kappa shape index (κ3) is 4.90. The second-order valence-electron chi connectivity index (χ2n) is 5.97. The van der Waals surface area contributed by atoms with Crippen molar-refractivity contribution < 1.29 is 17.7 Å². The molecule has 0 radical (unpaired) electrons. The number of nitrogens with one attached hydrogen (secondary N) is 2. The lowest BCUT2D eigenvalue weighted by Gasteiger charge is -2.05. The molecule has 0 saturated carbocycles. The smallest absolute Gasteiger partial charge is 0.271 e. The van der Waals surface area contributed by atoms with E-state index in [4.69, 9.17) is 9.78 Å². The number of sulfonamides is 1. The number of nitrogens with zero attached hydrogens (tertiary/aromatic N) is 2. The second-order valence-corrected chi connectivity index (χ2v) is 9.00. The van der Waals surface area contributed by atoms with Crippen molar-refractivity contribution in [2.45, 2.75) is 18.1 Å². The first-order valence-electron chi connectivity index (χ1n) is 8.33. The van der Waals surface area contributed by atoms with Gasteiger partial charge >= 0.3 is 0 Å². The summed E-state index contributed by atoms with van der Waals surface area (Å²) in [5.74, 6) is 0.121. The van der Waals surface area contributed by atoms with Crippen LogP contribution in [0.15, 0.2) is 45.1 Å². The average Bonchev–Trinajstić information content (AvgIpc) is 3.28. The van der Waals surface area contributed by atoms with E-state index in [-0.39, 0.29) is 10.1 Å². The summed E-state index contributed by atoms with van der Waals surface area (Å²) in [7, 11) is -3.76. The summed E-state index contributed by atoms with van der Waals surface area (Å²) >= 11 is 1.07. The van der Waals surface area contributed by atoms with Crippen molar-refractivity contribution in [1.82, 2.24) is 5.16 Å². The quantitative estimate of drug-likeness (QED) is 0.614. The first-order valence-corrected chi connectivity index (χ1v) is 10.6. The van der Waals surface area contributed by atoms with Crippen molar-refractivity contribution in [1.29, 1.82) is 5.26 Å². The average molecular weight is 428 g/mol. The Hall–Kier alpha value is -3.42. The van der Waals surface area contributed by atoms with E-state index in [2.05, 4.69) is 15.2 Å². The summed E-state index contributed by atoms with van der Waals surface area (Å²) in [5, 5.41) is 15.3. The Bertz CT molecular complexity index is 1220. The molecule has 10 heteroatoms. The molecule has 0 aliphatic carbocycles. The molecule has 0 fully saturated rings. The van der Waals surface area contributed by atoms with E-state index in [1.54, 1.807) is 25.1 Å².